The van der Waals surface area contributed by atoms with Crippen molar-refractivity contribution in [2.45, 2.75) is 43.9 Å². The number of methoxy groups -OCH3 is 1. The van der Waals surface area contributed by atoms with Gasteiger partial charge in [-0.15, -0.1) is 0 Å². The van der Waals surface area contributed by atoms with Crippen molar-refractivity contribution in [3.63, 3.8) is 0 Å². The topological polar surface area (TPSA) is 52.3 Å². The first kappa shape index (κ1) is 13.1. The minimum Gasteiger partial charge on any atom is -0.384 e. The van der Waals surface area contributed by atoms with E-state index < -0.39 is 10.8 Å². The van der Waals surface area contributed by atoms with E-state index in [2.05, 4.69) is 6.92 Å². The lowest BCUT2D eigenvalue weighted by Gasteiger charge is -2.33. The van der Waals surface area contributed by atoms with Crippen molar-refractivity contribution in [3.05, 3.63) is 0 Å². The molecule has 0 heterocycles. The van der Waals surface area contributed by atoms with Crippen LogP contribution in [0, 0.1) is 5.92 Å². The van der Waals surface area contributed by atoms with E-state index in [0.29, 0.717) is 12.4 Å². The van der Waals surface area contributed by atoms with Crippen LogP contribution in [0.15, 0.2) is 0 Å². The van der Waals surface area contributed by atoms with Crippen LogP contribution in [0.2, 0.25) is 0 Å². The Kier molecular flexibility index (Phi) is 5.79. The van der Waals surface area contributed by atoms with Gasteiger partial charge in [0.25, 0.3) is 0 Å². The Morgan fingerprint density at radius 1 is 1.47 bits per heavy atom. The SMILES string of the molecule is CCC1CCC(N)C(S(=O)CCOC)C1. The van der Waals surface area contributed by atoms with Crippen LogP contribution in [0.1, 0.15) is 32.6 Å². The predicted octanol–water partition coefficient (Wildman–Crippen LogP) is 1.29. The largest absolute Gasteiger partial charge is 0.384 e. The highest BCUT2D eigenvalue weighted by atomic mass is 32.2. The summed E-state index contributed by atoms with van der Waals surface area (Å²) in [5.41, 5.74) is 6.03. The minimum absolute atomic E-state index is 0.130. The summed E-state index contributed by atoms with van der Waals surface area (Å²) in [4.78, 5) is 0. The third-order valence-corrected chi connectivity index (χ3v) is 5.14. The van der Waals surface area contributed by atoms with Crippen molar-refractivity contribution >= 4 is 10.8 Å². The summed E-state index contributed by atoms with van der Waals surface area (Å²) < 4.78 is 16.9. The van der Waals surface area contributed by atoms with Crippen molar-refractivity contribution < 1.29 is 8.95 Å². The predicted molar refractivity (Wildman–Crippen MR) is 64.3 cm³/mol. The molecule has 0 aromatic heterocycles. The molecule has 4 unspecified atom stereocenters. The molecule has 1 aliphatic rings. The fraction of sp³-hybridized carbons (Fsp3) is 1.00. The highest BCUT2D eigenvalue weighted by molar-refractivity contribution is 7.85. The lowest BCUT2D eigenvalue weighted by molar-refractivity contribution is 0.217. The molecule has 1 rings (SSSR count). The molecule has 90 valence electrons. The zero-order chi connectivity index (χ0) is 11.3. The zero-order valence-electron chi connectivity index (χ0n) is 9.78. The highest BCUT2D eigenvalue weighted by Crippen LogP contribution is 2.29. The fourth-order valence-electron chi connectivity index (χ4n) is 2.23. The molecule has 0 saturated heterocycles. The van der Waals surface area contributed by atoms with Gasteiger partial charge in [-0.2, -0.15) is 0 Å². The normalized spacial score (nSPS) is 33.9. The second-order valence-corrected chi connectivity index (χ2v) is 6.14. The summed E-state index contributed by atoms with van der Waals surface area (Å²) in [6.45, 7) is 2.78. The molecule has 15 heavy (non-hydrogen) atoms. The number of ether oxygens (including phenoxy) is 1. The summed E-state index contributed by atoms with van der Waals surface area (Å²) in [7, 11) is 0.837. The van der Waals surface area contributed by atoms with E-state index in [1.165, 1.54) is 12.8 Å². The third kappa shape index (κ3) is 3.85. The van der Waals surface area contributed by atoms with Gasteiger partial charge in [-0.05, 0) is 25.2 Å². The Hall–Kier alpha value is 0.0700. The maximum Gasteiger partial charge on any atom is 0.0577 e. The molecule has 1 fully saturated rings. The molecule has 0 aliphatic heterocycles. The van der Waals surface area contributed by atoms with Gasteiger partial charge in [0.15, 0.2) is 0 Å². The molecule has 0 aromatic rings. The molecule has 4 heteroatoms. The maximum absolute atomic E-state index is 12.0. The van der Waals surface area contributed by atoms with E-state index in [1.54, 1.807) is 7.11 Å². The van der Waals surface area contributed by atoms with E-state index in [0.717, 1.165) is 18.8 Å². The molecule has 0 bridgehead atoms. The first-order chi connectivity index (χ1) is 7.19. The third-order valence-electron chi connectivity index (χ3n) is 3.36. The molecular formula is C11H23NO2S. The second kappa shape index (κ2) is 6.61. The molecule has 3 nitrogen and oxygen atoms in total. The van der Waals surface area contributed by atoms with Crippen LogP contribution in [-0.2, 0) is 15.5 Å². The Morgan fingerprint density at radius 2 is 2.20 bits per heavy atom. The Bertz CT molecular complexity index is 211. The maximum atomic E-state index is 12.0. The monoisotopic (exact) mass is 233 g/mol. The molecule has 0 spiro atoms. The zero-order valence-corrected chi connectivity index (χ0v) is 10.6. The van der Waals surface area contributed by atoms with E-state index in [9.17, 15) is 4.21 Å². The number of nitrogens with two attached hydrogens (primary N) is 1. The van der Waals surface area contributed by atoms with Crippen LogP contribution in [-0.4, -0.2) is 35.0 Å². The average Bonchev–Trinajstić information content (AvgIpc) is 2.26. The summed E-state index contributed by atoms with van der Waals surface area (Å²) in [5, 5.41) is 0.193. The molecule has 0 radical (unpaired) electrons. The average molecular weight is 233 g/mol. The van der Waals surface area contributed by atoms with Crippen LogP contribution < -0.4 is 5.73 Å². The van der Waals surface area contributed by atoms with Crippen LogP contribution in [0.25, 0.3) is 0 Å². The molecule has 1 saturated carbocycles. The highest BCUT2D eigenvalue weighted by Gasteiger charge is 2.31. The van der Waals surface area contributed by atoms with Crippen LogP contribution in [0.3, 0.4) is 0 Å². The van der Waals surface area contributed by atoms with Crippen molar-refractivity contribution in [2.24, 2.45) is 11.7 Å². The van der Waals surface area contributed by atoms with Crippen molar-refractivity contribution in [3.8, 4) is 0 Å². The molecule has 0 amide bonds. The van der Waals surface area contributed by atoms with Gasteiger partial charge in [-0.1, -0.05) is 13.3 Å². The van der Waals surface area contributed by atoms with Gasteiger partial charge in [0.2, 0.25) is 0 Å². The Labute approximate surface area is 95.2 Å². The van der Waals surface area contributed by atoms with Gasteiger partial charge < -0.3 is 10.5 Å². The van der Waals surface area contributed by atoms with Gasteiger partial charge in [-0.25, -0.2) is 0 Å². The first-order valence-electron chi connectivity index (χ1n) is 5.80. The smallest absolute Gasteiger partial charge is 0.0577 e. The summed E-state index contributed by atoms with van der Waals surface area (Å²) in [5.74, 6) is 1.35. The van der Waals surface area contributed by atoms with Crippen molar-refractivity contribution in [2.75, 3.05) is 19.5 Å². The van der Waals surface area contributed by atoms with Crippen LogP contribution in [0.4, 0.5) is 0 Å². The molecular weight excluding hydrogens is 210 g/mol. The fourth-order valence-corrected chi connectivity index (χ4v) is 3.87. The first-order valence-corrected chi connectivity index (χ1v) is 7.19. The van der Waals surface area contributed by atoms with E-state index >= 15 is 0 Å². The summed E-state index contributed by atoms with van der Waals surface area (Å²) >= 11 is 0. The lowest BCUT2D eigenvalue weighted by Crippen LogP contribution is -2.43. The lowest BCUT2D eigenvalue weighted by atomic mass is 9.84. The molecule has 2 N–H and O–H groups in total. The molecule has 0 aromatic carbocycles. The Balaban J connectivity index is 2.46. The number of hydrogen-bond acceptors (Lipinski definition) is 3. The minimum atomic E-state index is -0.809. The Morgan fingerprint density at radius 3 is 2.80 bits per heavy atom. The number of hydrogen-bond donors (Lipinski definition) is 1. The van der Waals surface area contributed by atoms with Crippen LogP contribution in [0.5, 0.6) is 0 Å². The van der Waals surface area contributed by atoms with Crippen LogP contribution >= 0.6 is 0 Å². The van der Waals surface area contributed by atoms with Gasteiger partial charge in [0, 0.05) is 29.7 Å². The summed E-state index contributed by atoms with van der Waals surface area (Å²) in [6.07, 6.45) is 4.45. The second-order valence-electron chi connectivity index (χ2n) is 4.37. The van der Waals surface area contributed by atoms with Crippen molar-refractivity contribution in [1.29, 1.82) is 0 Å². The van der Waals surface area contributed by atoms with Gasteiger partial charge in [-0.3, -0.25) is 4.21 Å². The summed E-state index contributed by atoms with van der Waals surface area (Å²) in [6, 6.07) is 0.130. The van der Waals surface area contributed by atoms with Gasteiger partial charge in [0.05, 0.1) is 11.9 Å². The van der Waals surface area contributed by atoms with E-state index in [-0.39, 0.29) is 11.3 Å². The van der Waals surface area contributed by atoms with E-state index in [4.69, 9.17) is 10.5 Å². The van der Waals surface area contributed by atoms with Gasteiger partial charge >= 0.3 is 0 Å². The van der Waals surface area contributed by atoms with E-state index in [1.807, 2.05) is 0 Å². The molecule has 4 atom stereocenters. The number of rotatable bonds is 5. The van der Waals surface area contributed by atoms with Gasteiger partial charge in [0.1, 0.15) is 0 Å². The molecule has 1 aliphatic carbocycles. The quantitative estimate of drug-likeness (QED) is 0.778. The standard InChI is InChI=1S/C11H23NO2S/c1-3-9-4-5-10(12)11(8-9)15(13)7-6-14-2/h9-11H,3-8,12H2,1-2H3. The van der Waals surface area contributed by atoms with Crippen molar-refractivity contribution in [1.82, 2.24) is 0 Å².